The van der Waals surface area contributed by atoms with Gasteiger partial charge < -0.3 is 14.3 Å². The molecule has 0 bridgehead atoms. The summed E-state index contributed by atoms with van der Waals surface area (Å²) in [5.74, 6) is 0.843. The fourth-order valence-electron chi connectivity index (χ4n) is 2.40. The maximum Gasteiger partial charge on any atom is 0.237 e. The molecule has 26 heavy (non-hydrogen) atoms. The number of hydrogen-bond donors (Lipinski definition) is 1. The standard InChI is InChI=1S/C18H19FN4O2S/c1-10-5-6-13(9-15(10)19)20-17(24)12(3)26-18-22-21-16(23(18)4)14-7-8-25-11(14)2/h5-9,12H,1-4H3,(H,20,24)/t12-/m1/s1. The van der Waals surface area contributed by atoms with Crippen molar-refractivity contribution in [3.63, 3.8) is 0 Å². The second-order valence-corrected chi connectivity index (χ2v) is 7.28. The van der Waals surface area contributed by atoms with E-state index in [9.17, 15) is 9.18 Å². The number of hydrogen-bond acceptors (Lipinski definition) is 5. The lowest BCUT2D eigenvalue weighted by molar-refractivity contribution is -0.115. The van der Waals surface area contributed by atoms with Crippen LogP contribution in [0.2, 0.25) is 0 Å². The Morgan fingerprint density at radius 3 is 2.73 bits per heavy atom. The van der Waals surface area contributed by atoms with Gasteiger partial charge in [0.15, 0.2) is 11.0 Å². The van der Waals surface area contributed by atoms with E-state index >= 15 is 0 Å². The highest BCUT2D eigenvalue weighted by Crippen LogP contribution is 2.28. The van der Waals surface area contributed by atoms with Gasteiger partial charge in [-0.25, -0.2) is 4.39 Å². The first-order valence-electron chi connectivity index (χ1n) is 8.04. The number of anilines is 1. The summed E-state index contributed by atoms with van der Waals surface area (Å²) in [7, 11) is 1.84. The summed E-state index contributed by atoms with van der Waals surface area (Å²) < 4.78 is 20.7. The average Bonchev–Trinajstić information content (AvgIpc) is 3.17. The van der Waals surface area contributed by atoms with Gasteiger partial charge in [0.25, 0.3) is 0 Å². The van der Waals surface area contributed by atoms with Crippen LogP contribution in [0.15, 0.2) is 40.1 Å². The Morgan fingerprint density at radius 2 is 2.08 bits per heavy atom. The van der Waals surface area contributed by atoms with E-state index in [2.05, 4.69) is 15.5 Å². The van der Waals surface area contributed by atoms with Gasteiger partial charge in [-0.3, -0.25) is 4.79 Å². The highest BCUT2D eigenvalue weighted by molar-refractivity contribution is 8.00. The SMILES string of the molecule is Cc1ccc(NC(=O)[C@@H](C)Sc2nnc(-c3ccoc3C)n2C)cc1F. The molecule has 3 aromatic rings. The second kappa shape index (κ2) is 7.33. The van der Waals surface area contributed by atoms with Crippen LogP contribution < -0.4 is 5.32 Å². The van der Waals surface area contributed by atoms with Crippen molar-refractivity contribution in [2.75, 3.05) is 5.32 Å². The number of rotatable bonds is 5. The summed E-state index contributed by atoms with van der Waals surface area (Å²) in [4.78, 5) is 12.4. The lowest BCUT2D eigenvalue weighted by Gasteiger charge is -2.12. The number of amides is 1. The average molecular weight is 374 g/mol. The van der Waals surface area contributed by atoms with Crippen molar-refractivity contribution in [1.29, 1.82) is 0 Å². The zero-order chi connectivity index (χ0) is 18.8. The van der Waals surface area contributed by atoms with Crippen molar-refractivity contribution < 1.29 is 13.6 Å². The van der Waals surface area contributed by atoms with Crippen LogP contribution in [0.25, 0.3) is 11.4 Å². The number of thioether (sulfide) groups is 1. The zero-order valence-corrected chi connectivity index (χ0v) is 15.7. The summed E-state index contributed by atoms with van der Waals surface area (Å²) >= 11 is 1.28. The third-order valence-electron chi connectivity index (χ3n) is 4.03. The molecule has 1 N–H and O–H groups in total. The molecule has 0 aliphatic rings. The largest absolute Gasteiger partial charge is 0.469 e. The molecule has 8 heteroatoms. The summed E-state index contributed by atoms with van der Waals surface area (Å²) in [6, 6.07) is 6.45. The Hall–Kier alpha value is -2.61. The fourth-order valence-corrected chi connectivity index (χ4v) is 3.21. The van der Waals surface area contributed by atoms with E-state index in [-0.39, 0.29) is 11.7 Å². The highest BCUT2D eigenvalue weighted by atomic mass is 32.2. The van der Waals surface area contributed by atoms with Gasteiger partial charge >= 0.3 is 0 Å². The number of nitrogens with one attached hydrogen (secondary N) is 1. The van der Waals surface area contributed by atoms with E-state index in [0.29, 0.717) is 22.2 Å². The van der Waals surface area contributed by atoms with Crippen LogP contribution in [0.1, 0.15) is 18.2 Å². The third-order valence-corrected chi connectivity index (χ3v) is 5.16. The van der Waals surface area contributed by atoms with E-state index < -0.39 is 5.25 Å². The van der Waals surface area contributed by atoms with Crippen LogP contribution in [0.3, 0.4) is 0 Å². The molecule has 136 valence electrons. The number of benzene rings is 1. The normalized spacial score (nSPS) is 12.2. The van der Waals surface area contributed by atoms with Crippen LogP contribution in [0.5, 0.6) is 0 Å². The summed E-state index contributed by atoms with van der Waals surface area (Å²) in [5.41, 5.74) is 1.82. The molecule has 2 heterocycles. The lowest BCUT2D eigenvalue weighted by atomic mass is 10.2. The highest BCUT2D eigenvalue weighted by Gasteiger charge is 2.20. The van der Waals surface area contributed by atoms with Crippen LogP contribution in [0.4, 0.5) is 10.1 Å². The van der Waals surface area contributed by atoms with E-state index in [1.54, 1.807) is 32.2 Å². The predicted octanol–water partition coefficient (Wildman–Crippen LogP) is 3.95. The number of halogens is 1. The molecule has 1 atom stereocenters. The van der Waals surface area contributed by atoms with Crippen LogP contribution in [-0.2, 0) is 11.8 Å². The molecule has 0 radical (unpaired) electrons. The topological polar surface area (TPSA) is 73.0 Å². The van der Waals surface area contributed by atoms with E-state index in [4.69, 9.17) is 4.42 Å². The first kappa shape index (κ1) is 18.2. The van der Waals surface area contributed by atoms with Crippen molar-refractivity contribution in [3.8, 4) is 11.4 Å². The van der Waals surface area contributed by atoms with E-state index in [1.807, 2.05) is 24.6 Å². The van der Waals surface area contributed by atoms with Gasteiger partial charge in [0.2, 0.25) is 5.91 Å². The number of aryl methyl sites for hydroxylation is 2. The molecular formula is C18H19FN4O2S. The van der Waals surface area contributed by atoms with Gasteiger partial charge in [-0.1, -0.05) is 17.8 Å². The number of carbonyl (C=O) groups is 1. The van der Waals surface area contributed by atoms with Gasteiger partial charge in [0.1, 0.15) is 11.6 Å². The quantitative estimate of drug-likeness (QED) is 0.685. The Morgan fingerprint density at radius 1 is 1.31 bits per heavy atom. The van der Waals surface area contributed by atoms with Gasteiger partial charge in [-0.05, 0) is 44.5 Å². The molecule has 0 saturated heterocycles. The third kappa shape index (κ3) is 3.65. The molecule has 1 aromatic carbocycles. The maximum atomic E-state index is 13.6. The molecule has 1 amide bonds. The molecule has 6 nitrogen and oxygen atoms in total. The summed E-state index contributed by atoms with van der Waals surface area (Å²) in [6.07, 6.45) is 1.60. The number of nitrogens with zero attached hydrogens (tertiary/aromatic N) is 3. The van der Waals surface area contributed by atoms with Crippen molar-refractivity contribution in [3.05, 3.63) is 47.7 Å². The number of aromatic nitrogens is 3. The molecule has 0 aliphatic heterocycles. The van der Waals surface area contributed by atoms with Crippen molar-refractivity contribution in [2.45, 2.75) is 31.2 Å². The first-order chi connectivity index (χ1) is 12.4. The minimum Gasteiger partial charge on any atom is -0.469 e. The first-order valence-corrected chi connectivity index (χ1v) is 8.92. The Balaban J connectivity index is 1.70. The summed E-state index contributed by atoms with van der Waals surface area (Å²) in [5, 5.41) is 11.2. The van der Waals surface area contributed by atoms with E-state index in [0.717, 1.165) is 11.3 Å². The number of carbonyl (C=O) groups excluding carboxylic acids is 1. The molecular weight excluding hydrogens is 355 g/mol. The second-order valence-electron chi connectivity index (χ2n) is 5.97. The predicted molar refractivity (Wildman–Crippen MR) is 98.5 cm³/mol. The molecule has 0 aliphatic carbocycles. The molecule has 0 spiro atoms. The van der Waals surface area contributed by atoms with Crippen molar-refractivity contribution in [2.24, 2.45) is 7.05 Å². The van der Waals surface area contributed by atoms with Gasteiger partial charge in [0, 0.05) is 12.7 Å². The molecule has 0 saturated carbocycles. The Bertz CT molecular complexity index is 951. The van der Waals surface area contributed by atoms with Crippen LogP contribution >= 0.6 is 11.8 Å². The monoisotopic (exact) mass is 374 g/mol. The van der Waals surface area contributed by atoms with Crippen LogP contribution in [0, 0.1) is 19.7 Å². The lowest BCUT2D eigenvalue weighted by Crippen LogP contribution is -2.23. The number of furan rings is 1. The Labute approximate surface area is 154 Å². The van der Waals surface area contributed by atoms with Crippen molar-refractivity contribution >= 4 is 23.4 Å². The van der Waals surface area contributed by atoms with Gasteiger partial charge in [-0.2, -0.15) is 0 Å². The van der Waals surface area contributed by atoms with E-state index in [1.165, 1.54) is 17.8 Å². The van der Waals surface area contributed by atoms with Gasteiger partial charge in [0.05, 0.1) is 17.1 Å². The fraction of sp³-hybridized carbons (Fsp3) is 0.278. The minimum atomic E-state index is -0.430. The summed E-state index contributed by atoms with van der Waals surface area (Å²) in [6.45, 7) is 5.29. The zero-order valence-electron chi connectivity index (χ0n) is 14.9. The maximum absolute atomic E-state index is 13.6. The van der Waals surface area contributed by atoms with Crippen LogP contribution in [-0.4, -0.2) is 25.9 Å². The Kier molecular flexibility index (Phi) is 5.13. The van der Waals surface area contributed by atoms with Crippen molar-refractivity contribution in [1.82, 2.24) is 14.8 Å². The molecule has 2 aromatic heterocycles. The molecule has 0 unspecified atom stereocenters. The molecule has 0 fully saturated rings. The minimum absolute atomic E-state index is 0.234. The smallest absolute Gasteiger partial charge is 0.237 e. The molecule has 3 rings (SSSR count). The van der Waals surface area contributed by atoms with Gasteiger partial charge in [-0.15, -0.1) is 10.2 Å².